The smallest absolute Gasteiger partial charge is 0.416 e. The Labute approximate surface area is 200 Å². The molecule has 0 fully saturated rings. The summed E-state index contributed by atoms with van der Waals surface area (Å²) in [5.74, 6) is -0.454. The van der Waals surface area contributed by atoms with Crippen LogP contribution in [0.15, 0.2) is 60.7 Å². The molecule has 2 aromatic rings. The zero-order valence-corrected chi connectivity index (χ0v) is 19.6. The van der Waals surface area contributed by atoms with Crippen molar-refractivity contribution in [2.75, 3.05) is 6.61 Å². The van der Waals surface area contributed by atoms with Crippen molar-refractivity contribution >= 4 is 17.6 Å². The van der Waals surface area contributed by atoms with E-state index >= 15 is 0 Å². The first-order valence-electron chi connectivity index (χ1n) is 11.8. The van der Waals surface area contributed by atoms with Crippen LogP contribution in [0.3, 0.4) is 0 Å². The van der Waals surface area contributed by atoms with Crippen molar-refractivity contribution in [1.82, 2.24) is 0 Å². The maximum absolute atomic E-state index is 13.1. The van der Waals surface area contributed by atoms with E-state index in [0.717, 1.165) is 42.4 Å². The topological polar surface area (TPSA) is 46.5 Å². The van der Waals surface area contributed by atoms with Gasteiger partial charge in [-0.3, -0.25) is 0 Å². The van der Waals surface area contributed by atoms with Gasteiger partial charge in [0.1, 0.15) is 5.75 Å². The molecule has 0 atom stereocenters. The second kappa shape index (κ2) is 14.3. The molecule has 0 saturated carbocycles. The normalized spacial score (nSPS) is 12.3. The predicted molar refractivity (Wildman–Crippen MR) is 131 cm³/mol. The number of aliphatic carboxylic acids is 1. The van der Waals surface area contributed by atoms with E-state index in [-0.39, 0.29) is 5.56 Å². The number of carboxylic acids is 1. The lowest BCUT2D eigenvalue weighted by Gasteiger charge is -2.10. The van der Waals surface area contributed by atoms with Gasteiger partial charge < -0.3 is 9.84 Å². The van der Waals surface area contributed by atoms with Gasteiger partial charge in [0, 0.05) is 6.08 Å². The first kappa shape index (κ1) is 27.2. The summed E-state index contributed by atoms with van der Waals surface area (Å²) in [7, 11) is 0. The lowest BCUT2D eigenvalue weighted by Crippen LogP contribution is -2.05. The minimum atomic E-state index is -4.48. The van der Waals surface area contributed by atoms with Gasteiger partial charge in [0.15, 0.2) is 0 Å². The standard InChI is InChI=1S/C28H33F3O3/c1-2-3-4-5-6-7-8-9-19-34-26-16-13-22(14-17-26)20-24(15-18-27(32)33)23-11-10-12-25(21-23)28(29,30)31/h10-18,20-21H,2-9,19H2,1H3,(H,32,33)/b18-15-,24-20-. The zero-order valence-electron chi connectivity index (χ0n) is 19.6. The lowest BCUT2D eigenvalue weighted by molar-refractivity contribution is -0.137. The quantitative estimate of drug-likeness (QED) is 0.129. The highest BCUT2D eigenvalue weighted by molar-refractivity contribution is 5.92. The zero-order chi connectivity index (χ0) is 24.8. The summed E-state index contributed by atoms with van der Waals surface area (Å²) < 4.78 is 45.1. The molecule has 6 heteroatoms. The van der Waals surface area contributed by atoms with Crippen LogP contribution in [-0.2, 0) is 11.0 Å². The molecule has 0 aliphatic heterocycles. The average molecular weight is 475 g/mol. The maximum atomic E-state index is 13.1. The molecule has 0 amide bonds. The highest BCUT2D eigenvalue weighted by atomic mass is 19.4. The molecule has 0 spiro atoms. The van der Waals surface area contributed by atoms with Crippen molar-refractivity contribution in [3.05, 3.63) is 77.4 Å². The van der Waals surface area contributed by atoms with Crippen LogP contribution in [0.25, 0.3) is 11.6 Å². The monoisotopic (exact) mass is 474 g/mol. The van der Waals surface area contributed by atoms with Gasteiger partial charge in [-0.25, -0.2) is 4.79 Å². The van der Waals surface area contributed by atoms with Crippen LogP contribution in [0.1, 0.15) is 75.0 Å². The molecule has 0 heterocycles. The number of halogens is 3. The molecule has 0 radical (unpaired) electrons. The molecular formula is C28H33F3O3. The minimum absolute atomic E-state index is 0.280. The number of hydrogen-bond acceptors (Lipinski definition) is 2. The van der Waals surface area contributed by atoms with Crippen LogP contribution >= 0.6 is 0 Å². The molecule has 34 heavy (non-hydrogen) atoms. The Hall–Kier alpha value is -3.02. The largest absolute Gasteiger partial charge is 0.494 e. The van der Waals surface area contributed by atoms with E-state index in [2.05, 4.69) is 6.92 Å². The molecule has 0 unspecified atom stereocenters. The molecule has 3 nitrogen and oxygen atoms in total. The third-order valence-corrected chi connectivity index (χ3v) is 5.40. The molecule has 0 bridgehead atoms. The van der Waals surface area contributed by atoms with Crippen LogP contribution in [0.5, 0.6) is 5.75 Å². The molecule has 0 aliphatic carbocycles. The van der Waals surface area contributed by atoms with Gasteiger partial charge in [-0.1, -0.05) is 76.1 Å². The fourth-order valence-corrected chi connectivity index (χ4v) is 3.53. The number of carbonyl (C=O) groups is 1. The first-order chi connectivity index (χ1) is 16.3. The molecule has 2 rings (SSSR count). The number of benzene rings is 2. The summed E-state index contributed by atoms with van der Waals surface area (Å²) in [6.07, 6.45) is 9.19. The van der Waals surface area contributed by atoms with Gasteiger partial charge in [-0.15, -0.1) is 0 Å². The minimum Gasteiger partial charge on any atom is -0.494 e. The van der Waals surface area contributed by atoms with Crippen LogP contribution in [-0.4, -0.2) is 17.7 Å². The van der Waals surface area contributed by atoms with E-state index in [0.29, 0.717) is 12.2 Å². The van der Waals surface area contributed by atoms with E-state index in [1.54, 1.807) is 30.3 Å². The van der Waals surface area contributed by atoms with E-state index in [9.17, 15) is 18.0 Å². The molecular weight excluding hydrogens is 441 g/mol. The summed E-state index contributed by atoms with van der Waals surface area (Å²) in [4.78, 5) is 11.0. The highest BCUT2D eigenvalue weighted by Gasteiger charge is 2.30. The number of unbranched alkanes of at least 4 members (excludes halogenated alkanes) is 7. The second-order valence-electron chi connectivity index (χ2n) is 8.24. The number of carboxylic acid groups (broad SMARTS) is 1. The maximum Gasteiger partial charge on any atom is 0.416 e. The van der Waals surface area contributed by atoms with Gasteiger partial charge >= 0.3 is 12.1 Å². The molecule has 184 valence electrons. The Morgan fingerprint density at radius 2 is 1.56 bits per heavy atom. The van der Waals surface area contributed by atoms with Crippen molar-refractivity contribution in [3.63, 3.8) is 0 Å². The number of ether oxygens (including phenoxy) is 1. The summed E-state index contributed by atoms with van der Waals surface area (Å²) in [5.41, 5.74) is 0.578. The Balaban J connectivity index is 1.99. The molecule has 0 aliphatic rings. The molecule has 2 aromatic carbocycles. The van der Waals surface area contributed by atoms with Crippen LogP contribution in [0.2, 0.25) is 0 Å². The highest BCUT2D eigenvalue weighted by Crippen LogP contribution is 2.32. The summed E-state index contributed by atoms with van der Waals surface area (Å²) in [5, 5.41) is 8.97. The Morgan fingerprint density at radius 3 is 2.18 bits per heavy atom. The van der Waals surface area contributed by atoms with E-state index < -0.39 is 17.7 Å². The summed E-state index contributed by atoms with van der Waals surface area (Å²) in [6, 6.07) is 12.0. The first-order valence-corrected chi connectivity index (χ1v) is 11.8. The average Bonchev–Trinajstić information content (AvgIpc) is 2.81. The Morgan fingerprint density at radius 1 is 0.912 bits per heavy atom. The third kappa shape index (κ3) is 10.3. The van der Waals surface area contributed by atoms with Crippen molar-refractivity contribution in [2.45, 2.75) is 64.5 Å². The Bertz CT molecular complexity index is 944. The Kier molecular flexibility index (Phi) is 11.4. The number of rotatable bonds is 14. The summed E-state index contributed by atoms with van der Waals surface area (Å²) in [6.45, 7) is 2.85. The third-order valence-electron chi connectivity index (χ3n) is 5.40. The number of allylic oxidation sites excluding steroid dienone is 2. The van der Waals surface area contributed by atoms with E-state index in [4.69, 9.17) is 9.84 Å². The van der Waals surface area contributed by atoms with Gasteiger partial charge in [-0.2, -0.15) is 13.2 Å². The van der Waals surface area contributed by atoms with Gasteiger partial charge in [-0.05, 0) is 59.5 Å². The van der Waals surface area contributed by atoms with Crippen LogP contribution < -0.4 is 4.74 Å². The fourth-order valence-electron chi connectivity index (χ4n) is 3.53. The van der Waals surface area contributed by atoms with E-state index in [1.165, 1.54) is 56.7 Å². The van der Waals surface area contributed by atoms with Gasteiger partial charge in [0.2, 0.25) is 0 Å². The van der Waals surface area contributed by atoms with Crippen molar-refractivity contribution in [3.8, 4) is 5.75 Å². The van der Waals surface area contributed by atoms with Crippen LogP contribution in [0, 0.1) is 0 Å². The van der Waals surface area contributed by atoms with Crippen molar-refractivity contribution < 1.29 is 27.8 Å². The van der Waals surface area contributed by atoms with E-state index in [1.807, 2.05) is 0 Å². The van der Waals surface area contributed by atoms with Crippen LogP contribution in [0.4, 0.5) is 13.2 Å². The molecule has 1 N–H and O–H groups in total. The summed E-state index contributed by atoms with van der Waals surface area (Å²) >= 11 is 0. The van der Waals surface area contributed by atoms with Crippen molar-refractivity contribution in [1.29, 1.82) is 0 Å². The fraction of sp³-hybridized carbons (Fsp3) is 0.393. The predicted octanol–water partition coefficient (Wildman–Crippen LogP) is 8.41. The SMILES string of the molecule is CCCCCCCCCCOc1ccc(/C=C(/C=C\C(=O)O)c2cccc(C(F)(F)F)c2)cc1. The molecule has 0 saturated heterocycles. The van der Waals surface area contributed by atoms with Gasteiger partial charge in [0.05, 0.1) is 12.2 Å². The van der Waals surface area contributed by atoms with Gasteiger partial charge in [0.25, 0.3) is 0 Å². The lowest BCUT2D eigenvalue weighted by atomic mass is 10.00. The second-order valence-corrected chi connectivity index (χ2v) is 8.24. The number of hydrogen-bond donors (Lipinski definition) is 1. The number of alkyl halides is 3. The molecule has 0 aromatic heterocycles. The van der Waals surface area contributed by atoms with Crippen molar-refractivity contribution in [2.24, 2.45) is 0 Å².